The molecule has 1 aromatic heterocycles. The lowest BCUT2D eigenvalue weighted by Crippen LogP contribution is -2.16. The molecule has 5 nitrogen and oxygen atoms in total. The molecule has 26 heavy (non-hydrogen) atoms. The normalized spacial score (nSPS) is 18.8. The predicted molar refractivity (Wildman–Crippen MR) is 103 cm³/mol. The van der Waals surface area contributed by atoms with Crippen LogP contribution in [0.25, 0.3) is 0 Å². The van der Waals surface area contributed by atoms with Crippen LogP contribution in [0.2, 0.25) is 10.0 Å². The lowest BCUT2D eigenvalue weighted by atomic mass is 10.1. The van der Waals surface area contributed by atoms with E-state index in [1.54, 1.807) is 24.3 Å². The summed E-state index contributed by atoms with van der Waals surface area (Å²) in [7, 11) is -3.00. The van der Waals surface area contributed by atoms with Crippen molar-refractivity contribution in [3.8, 4) is 5.75 Å². The summed E-state index contributed by atoms with van der Waals surface area (Å²) >= 11 is 12.1. The molecule has 0 saturated carbocycles. The lowest BCUT2D eigenvalue weighted by Gasteiger charge is -2.16. The number of benzene rings is 1. The number of para-hydroxylation sites is 1. The Morgan fingerprint density at radius 2 is 1.92 bits per heavy atom. The first-order chi connectivity index (χ1) is 12.2. The topological polar surface area (TPSA) is 65.4 Å². The fourth-order valence-electron chi connectivity index (χ4n) is 3.44. The van der Waals surface area contributed by atoms with Gasteiger partial charge in [0.1, 0.15) is 0 Å². The van der Waals surface area contributed by atoms with Gasteiger partial charge in [-0.1, -0.05) is 29.3 Å². The zero-order valence-corrected chi connectivity index (χ0v) is 16.8. The number of Topliss-reactive ketones (excluding diaryl/α,β-unsaturated/α-hetero) is 1. The highest BCUT2D eigenvalue weighted by atomic mass is 35.5. The zero-order valence-electron chi connectivity index (χ0n) is 14.5. The van der Waals surface area contributed by atoms with E-state index in [1.165, 1.54) is 0 Å². The number of hydrogen-bond acceptors (Lipinski definition) is 4. The summed E-state index contributed by atoms with van der Waals surface area (Å²) < 4.78 is 31.0. The molecule has 0 unspecified atom stereocenters. The van der Waals surface area contributed by atoms with Crippen molar-refractivity contribution in [2.24, 2.45) is 0 Å². The Labute approximate surface area is 162 Å². The third-order valence-electron chi connectivity index (χ3n) is 4.62. The number of hydrogen-bond donors (Lipinski definition) is 0. The van der Waals surface area contributed by atoms with Crippen molar-refractivity contribution < 1.29 is 17.9 Å². The van der Waals surface area contributed by atoms with Gasteiger partial charge in [-0.2, -0.15) is 0 Å². The first-order valence-electron chi connectivity index (χ1n) is 8.18. The molecule has 1 atom stereocenters. The number of ketones is 1. The minimum atomic E-state index is -3.00. The fourth-order valence-corrected chi connectivity index (χ4v) is 5.64. The maximum atomic E-state index is 12.6. The summed E-state index contributed by atoms with van der Waals surface area (Å²) in [6, 6.07) is 6.63. The SMILES string of the molecule is Cc1cc(C(=O)COc2c(Cl)cccc2Cl)c(C)n1[C@H]1CCS(=O)(=O)C1. The van der Waals surface area contributed by atoms with E-state index in [4.69, 9.17) is 27.9 Å². The molecular formula is C18H19Cl2NO4S. The van der Waals surface area contributed by atoms with Crippen LogP contribution >= 0.6 is 23.2 Å². The monoisotopic (exact) mass is 415 g/mol. The van der Waals surface area contributed by atoms with E-state index >= 15 is 0 Å². The van der Waals surface area contributed by atoms with Crippen LogP contribution in [0.15, 0.2) is 24.3 Å². The summed E-state index contributed by atoms with van der Waals surface area (Å²) in [4.78, 5) is 12.6. The maximum Gasteiger partial charge on any atom is 0.202 e. The van der Waals surface area contributed by atoms with Gasteiger partial charge in [-0.3, -0.25) is 4.79 Å². The largest absolute Gasteiger partial charge is 0.482 e. The molecule has 1 fully saturated rings. The van der Waals surface area contributed by atoms with Gasteiger partial charge in [0.25, 0.3) is 0 Å². The Kier molecular flexibility index (Phi) is 5.37. The van der Waals surface area contributed by atoms with Crippen molar-refractivity contribution in [3.05, 3.63) is 51.3 Å². The molecule has 1 aromatic carbocycles. The van der Waals surface area contributed by atoms with Crippen LogP contribution in [-0.4, -0.2) is 36.9 Å². The quantitative estimate of drug-likeness (QED) is 0.691. The number of aryl methyl sites for hydroxylation is 1. The average Bonchev–Trinajstić information content (AvgIpc) is 3.05. The number of halogens is 2. The predicted octanol–water partition coefficient (Wildman–Crippen LogP) is 4.03. The van der Waals surface area contributed by atoms with Gasteiger partial charge in [-0.05, 0) is 38.5 Å². The minimum Gasteiger partial charge on any atom is -0.482 e. The summed E-state index contributed by atoms with van der Waals surface area (Å²) in [5.41, 5.74) is 2.14. The molecule has 8 heteroatoms. The lowest BCUT2D eigenvalue weighted by molar-refractivity contribution is 0.0921. The Hall–Kier alpha value is -1.50. The molecule has 2 heterocycles. The molecule has 0 N–H and O–H groups in total. The Balaban J connectivity index is 1.80. The molecular weight excluding hydrogens is 397 g/mol. The molecule has 3 rings (SSSR count). The van der Waals surface area contributed by atoms with Crippen molar-refractivity contribution >= 4 is 38.8 Å². The number of carbonyl (C=O) groups excluding carboxylic acids is 1. The Morgan fingerprint density at radius 3 is 2.50 bits per heavy atom. The van der Waals surface area contributed by atoms with E-state index in [9.17, 15) is 13.2 Å². The van der Waals surface area contributed by atoms with Gasteiger partial charge < -0.3 is 9.30 Å². The van der Waals surface area contributed by atoms with Gasteiger partial charge in [-0.25, -0.2) is 8.42 Å². The maximum absolute atomic E-state index is 12.6. The minimum absolute atomic E-state index is 0.114. The number of nitrogens with zero attached hydrogens (tertiary/aromatic N) is 1. The molecule has 2 aromatic rings. The number of sulfone groups is 1. The molecule has 0 spiro atoms. The third kappa shape index (κ3) is 3.77. The second-order valence-electron chi connectivity index (χ2n) is 6.47. The van der Waals surface area contributed by atoms with E-state index in [1.807, 2.05) is 18.4 Å². The highest BCUT2D eigenvalue weighted by molar-refractivity contribution is 7.91. The Morgan fingerprint density at radius 1 is 1.27 bits per heavy atom. The molecule has 0 amide bonds. The van der Waals surface area contributed by atoms with Crippen LogP contribution in [0.1, 0.15) is 34.2 Å². The summed E-state index contributed by atoms with van der Waals surface area (Å²) in [5.74, 6) is 0.371. The van der Waals surface area contributed by atoms with Gasteiger partial charge in [0.15, 0.2) is 22.2 Å². The molecule has 1 aliphatic rings. The van der Waals surface area contributed by atoms with Crippen molar-refractivity contribution in [2.75, 3.05) is 18.1 Å². The van der Waals surface area contributed by atoms with Gasteiger partial charge in [0, 0.05) is 23.0 Å². The van der Waals surface area contributed by atoms with Crippen molar-refractivity contribution in [3.63, 3.8) is 0 Å². The van der Waals surface area contributed by atoms with E-state index in [-0.39, 0.29) is 35.7 Å². The molecule has 0 bridgehead atoms. The number of rotatable bonds is 5. The summed E-state index contributed by atoms with van der Waals surface area (Å²) in [5, 5.41) is 0.680. The van der Waals surface area contributed by atoms with Gasteiger partial charge in [-0.15, -0.1) is 0 Å². The molecule has 0 aliphatic carbocycles. The molecule has 140 valence electrons. The van der Waals surface area contributed by atoms with Crippen LogP contribution in [0.4, 0.5) is 0 Å². The van der Waals surface area contributed by atoms with Crippen molar-refractivity contribution in [1.29, 1.82) is 0 Å². The van der Waals surface area contributed by atoms with E-state index in [0.29, 0.717) is 22.0 Å². The zero-order chi connectivity index (χ0) is 19.1. The molecule has 1 saturated heterocycles. The van der Waals surface area contributed by atoms with Crippen LogP contribution in [0.3, 0.4) is 0 Å². The number of ether oxygens (including phenoxy) is 1. The molecule has 1 aliphatic heterocycles. The average molecular weight is 416 g/mol. The first kappa shape index (κ1) is 19.3. The summed E-state index contributed by atoms with van der Waals surface area (Å²) in [6.07, 6.45) is 0.568. The summed E-state index contributed by atoms with van der Waals surface area (Å²) in [6.45, 7) is 3.50. The fraction of sp³-hybridized carbons (Fsp3) is 0.389. The van der Waals surface area contributed by atoms with Gasteiger partial charge >= 0.3 is 0 Å². The Bertz CT molecular complexity index is 946. The van der Waals surface area contributed by atoms with Crippen LogP contribution in [-0.2, 0) is 9.84 Å². The smallest absolute Gasteiger partial charge is 0.202 e. The van der Waals surface area contributed by atoms with Crippen molar-refractivity contribution in [1.82, 2.24) is 4.57 Å². The van der Waals surface area contributed by atoms with Crippen LogP contribution in [0.5, 0.6) is 5.75 Å². The van der Waals surface area contributed by atoms with Crippen molar-refractivity contribution in [2.45, 2.75) is 26.3 Å². The van der Waals surface area contributed by atoms with Gasteiger partial charge in [0.2, 0.25) is 5.78 Å². The second kappa shape index (κ2) is 7.25. The number of carbonyl (C=O) groups is 1. The van der Waals surface area contributed by atoms with E-state index in [0.717, 1.165) is 11.4 Å². The van der Waals surface area contributed by atoms with Crippen LogP contribution < -0.4 is 4.74 Å². The standard InChI is InChI=1S/C18H19Cl2NO4S/c1-11-8-14(12(2)21(11)13-6-7-26(23,24)10-13)17(22)9-25-18-15(19)4-3-5-16(18)20/h3-5,8,13H,6-7,9-10H2,1-2H3/t13-/m0/s1. The second-order valence-corrected chi connectivity index (χ2v) is 9.52. The first-order valence-corrected chi connectivity index (χ1v) is 10.8. The van der Waals surface area contributed by atoms with E-state index < -0.39 is 9.84 Å². The molecule has 0 radical (unpaired) electrons. The highest BCUT2D eigenvalue weighted by Gasteiger charge is 2.31. The van der Waals surface area contributed by atoms with Crippen LogP contribution in [0, 0.1) is 13.8 Å². The highest BCUT2D eigenvalue weighted by Crippen LogP contribution is 2.33. The number of aromatic nitrogens is 1. The van der Waals surface area contributed by atoms with Gasteiger partial charge in [0.05, 0.1) is 21.6 Å². The third-order valence-corrected chi connectivity index (χ3v) is 6.97. The van der Waals surface area contributed by atoms with E-state index in [2.05, 4.69) is 0 Å².